The van der Waals surface area contributed by atoms with Crippen molar-refractivity contribution in [2.75, 3.05) is 6.54 Å². The van der Waals surface area contributed by atoms with Gasteiger partial charge < -0.3 is 11.1 Å². The molecule has 0 spiro atoms. The van der Waals surface area contributed by atoms with Gasteiger partial charge in [0.2, 0.25) is 0 Å². The lowest BCUT2D eigenvalue weighted by Gasteiger charge is -2.30. The number of nitrogens with one attached hydrogen (secondary N) is 1. The molecule has 0 fully saturated rings. The molecule has 1 amide bonds. The van der Waals surface area contributed by atoms with Crippen LogP contribution < -0.4 is 11.1 Å². The van der Waals surface area contributed by atoms with Crippen molar-refractivity contribution in [3.8, 4) is 0 Å². The Bertz CT molecular complexity index is 415. The highest BCUT2D eigenvalue weighted by Gasteiger charge is 2.27. The molecule has 0 aliphatic heterocycles. The molecule has 3 N–H and O–H groups in total. The molecule has 0 radical (unpaired) electrons. The SMILES string of the molecule is CCC(CC)(CN)NC(=O)c1cn(CCC(C)C)nn1. The smallest absolute Gasteiger partial charge is 0.273 e. The van der Waals surface area contributed by atoms with Gasteiger partial charge in [0.1, 0.15) is 0 Å². The van der Waals surface area contributed by atoms with Crippen LogP contribution in [0.2, 0.25) is 0 Å². The molecule has 0 saturated carbocycles. The Kier molecular flexibility index (Phi) is 6.13. The molecule has 0 bridgehead atoms. The van der Waals surface area contributed by atoms with E-state index in [-0.39, 0.29) is 11.4 Å². The third-order valence-electron chi connectivity index (χ3n) is 3.83. The lowest BCUT2D eigenvalue weighted by Crippen LogP contribution is -2.53. The zero-order valence-corrected chi connectivity index (χ0v) is 13.0. The fourth-order valence-corrected chi connectivity index (χ4v) is 1.97. The van der Waals surface area contributed by atoms with Gasteiger partial charge in [0.25, 0.3) is 5.91 Å². The molecule has 0 atom stereocenters. The summed E-state index contributed by atoms with van der Waals surface area (Å²) in [6.07, 6.45) is 4.31. The number of aryl methyl sites for hydroxylation is 1. The quantitative estimate of drug-likeness (QED) is 0.757. The van der Waals surface area contributed by atoms with Gasteiger partial charge in [0.05, 0.1) is 11.7 Å². The Hall–Kier alpha value is -1.43. The molecular formula is C14H27N5O. The number of nitrogens with zero attached hydrogens (tertiary/aromatic N) is 3. The highest BCUT2D eigenvalue weighted by atomic mass is 16.2. The zero-order chi connectivity index (χ0) is 15.2. The maximum atomic E-state index is 12.2. The second kappa shape index (κ2) is 7.38. The van der Waals surface area contributed by atoms with Crippen LogP contribution in [0.25, 0.3) is 0 Å². The molecule has 0 aliphatic carbocycles. The van der Waals surface area contributed by atoms with Gasteiger partial charge in [-0.25, -0.2) is 0 Å². The average molecular weight is 281 g/mol. The standard InChI is InChI=1S/C14H27N5O/c1-5-14(6-2,10-15)16-13(20)12-9-19(18-17-12)8-7-11(3)4/h9,11H,5-8,10,15H2,1-4H3,(H,16,20). The fourth-order valence-electron chi connectivity index (χ4n) is 1.97. The average Bonchev–Trinajstić information content (AvgIpc) is 2.91. The summed E-state index contributed by atoms with van der Waals surface area (Å²) in [5.41, 5.74) is 5.79. The summed E-state index contributed by atoms with van der Waals surface area (Å²) < 4.78 is 1.72. The molecule has 0 unspecified atom stereocenters. The first-order chi connectivity index (χ1) is 9.46. The second-order valence-corrected chi connectivity index (χ2v) is 5.70. The molecule has 6 nitrogen and oxygen atoms in total. The first kappa shape index (κ1) is 16.6. The molecule has 1 rings (SSSR count). The maximum Gasteiger partial charge on any atom is 0.273 e. The largest absolute Gasteiger partial charge is 0.344 e. The van der Waals surface area contributed by atoms with Gasteiger partial charge >= 0.3 is 0 Å². The fraction of sp³-hybridized carbons (Fsp3) is 0.786. The van der Waals surface area contributed by atoms with Crippen LogP contribution in [0.15, 0.2) is 6.20 Å². The Morgan fingerprint density at radius 3 is 2.60 bits per heavy atom. The molecular weight excluding hydrogens is 254 g/mol. The van der Waals surface area contributed by atoms with Crippen LogP contribution in [0, 0.1) is 5.92 Å². The Labute approximate surface area is 121 Å². The van der Waals surface area contributed by atoms with Crippen molar-refractivity contribution in [3.63, 3.8) is 0 Å². The normalized spacial score (nSPS) is 11.9. The summed E-state index contributed by atoms with van der Waals surface area (Å²) >= 11 is 0. The molecule has 114 valence electrons. The van der Waals surface area contributed by atoms with E-state index < -0.39 is 0 Å². The highest BCUT2D eigenvalue weighted by molar-refractivity contribution is 5.92. The Morgan fingerprint density at radius 1 is 1.45 bits per heavy atom. The van der Waals surface area contributed by atoms with E-state index in [4.69, 9.17) is 5.73 Å². The molecule has 1 aromatic rings. The number of hydrogen-bond donors (Lipinski definition) is 2. The van der Waals surface area contributed by atoms with Crippen molar-refractivity contribution < 1.29 is 4.79 Å². The number of carbonyl (C=O) groups excluding carboxylic acids is 1. The number of amides is 1. The van der Waals surface area contributed by atoms with Gasteiger partial charge in [-0.2, -0.15) is 0 Å². The molecule has 6 heteroatoms. The van der Waals surface area contributed by atoms with Gasteiger partial charge in [-0.05, 0) is 25.2 Å². The monoisotopic (exact) mass is 281 g/mol. The molecule has 20 heavy (non-hydrogen) atoms. The van der Waals surface area contributed by atoms with Crippen molar-refractivity contribution in [1.29, 1.82) is 0 Å². The number of carbonyl (C=O) groups is 1. The minimum absolute atomic E-state index is 0.199. The van der Waals surface area contributed by atoms with Gasteiger partial charge in [-0.1, -0.05) is 32.9 Å². The Morgan fingerprint density at radius 2 is 2.10 bits per heavy atom. The predicted molar refractivity (Wildman–Crippen MR) is 79.3 cm³/mol. The minimum Gasteiger partial charge on any atom is -0.344 e. The van der Waals surface area contributed by atoms with E-state index in [1.54, 1.807) is 10.9 Å². The van der Waals surface area contributed by atoms with Crippen molar-refractivity contribution in [2.45, 2.75) is 59.0 Å². The van der Waals surface area contributed by atoms with Crippen molar-refractivity contribution in [2.24, 2.45) is 11.7 Å². The maximum absolute atomic E-state index is 12.2. The minimum atomic E-state index is -0.348. The van der Waals surface area contributed by atoms with Crippen molar-refractivity contribution in [1.82, 2.24) is 20.3 Å². The van der Waals surface area contributed by atoms with E-state index in [2.05, 4.69) is 29.5 Å². The van der Waals surface area contributed by atoms with E-state index in [0.717, 1.165) is 25.8 Å². The van der Waals surface area contributed by atoms with Crippen LogP contribution in [-0.4, -0.2) is 33.0 Å². The van der Waals surface area contributed by atoms with Gasteiger partial charge in [-0.3, -0.25) is 9.48 Å². The third kappa shape index (κ3) is 4.30. The number of aromatic nitrogens is 3. The lowest BCUT2D eigenvalue weighted by molar-refractivity contribution is 0.0890. The summed E-state index contributed by atoms with van der Waals surface area (Å²) in [4.78, 5) is 12.2. The van der Waals surface area contributed by atoms with Crippen LogP contribution in [0.4, 0.5) is 0 Å². The van der Waals surface area contributed by atoms with E-state index >= 15 is 0 Å². The van der Waals surface area contributed by atoms with E-state index in [1.165, 1.54) is 0 Å². The number of hydrogen-bond acceptors (Lipinski definition) is 4. The van der Waals surface area contributed by atoms with E-state index in [9.17, 15) is 4.79 Å². The van der Waals surface area contributed by atoms with Crippen LogP contribution >= 0.6 is 0 Å². The summed E-state index contributed by atoms with van der Waals surface area (Å²) in [5.74, 6) is 0.400. The van der Waals surface area contributed by atoms with Gasteiger partial charge in [-0.15, -0.1) is 5.10 Å². The summed E-state index contributed by atoms with van der Waals surface area (Å²) in [5, 5.41) is 10.9. The molecule has 0 saturated heterocycles. The number of nitrogens with two attached hydrogens (primary N) is 1. The summed E-state index contributed by atoms with van der Waals surface area (Å²) in [7, 11) is 0. The van der Waals surface area contributed by atoms with Crippen LogP contribution in [0.1, 0.15) is 57.4 Å². The van der Waals surface area contributed by atoms with Crippen molar-refractivity contribution >= 4 is 5.91 Å². The summed E-state index contributed by atoms with van der Waals surface area (Å²) in [6.45, 7) is 9.56. The lowest BCUT2D eigenvalue weighted by atomic mass is 9.93. The molecule has 1 heterocycles. The molecule has 0 aliphatic rings. The van der Waals surface area contributed by atoms with Gasteiger partial charge in [0.15, 0.2) is 5.69 Å². The first-order valence-electron chi connectivity index (χ1n) is 7.39. The topological polar surface area (TPSA) is 85.8 Å². The van der Waals surface area contributed by atoms with Crippen LogP contribution in [0.3, 0.4) is 0 Å². The van der Waals surface area contributed by atoms with E-state index in [0.29, 0.717) is 18.2 Å². The summed E-state index contributed by atoms with van der Waals surface area (Å²) in [6, 6.07) is 0. The second-order valence-electron chi connectivity index (χ2n) is 5.70. The van der Waals surface area contributed by atoms with Crippen LogP contribution in [-0.2, 0) is 6.54 Å². The van der Waals surface area contributed by atoms with E-state index in [1.807, 2.05) is 13.8 Å². The molecule has 0 aromatic carbocycles. The predicted octanol–water partition coefficient (Wildman–Crippen LogP) is 1.57. The highest BCUT2D eigenvalue weighted by Crippen LogP contribution is 2.14. The Balaban J connectivity index is 2.68. The molecule has 1 aromatic heterocycles. The first-order valence-corrected chi connectivity index (χ1v) is 7.39. The number of rotatable bonds is 8. The zero-order valence-electron chi connectivity index (χ0n) is 13.0. The van der Waals surface area contributed by atoms with Gasteiger partial charge in [0, 0.05) is 13.1 Å². The van der Waals surface area contributed by atoms with Crippen molar-refractivity contribution in [3.05, 3.63) is 11.9 Å². The van der Waals surface area contributed by atoms with Crippen LogP contribution in [0.5, 0.6) is 0 Å². The third-order valence-corrected chi connectivity index (χ3v) is 3.83.